The van der Waals surface area contributed by atoms with Crippen molar-refractivity contribution in [3.05, 3.63) is 35.9 Å². The third-order valence-corrected chi connectivity index (χ3v) is 4.36. The van der Waals surface area contributed by atoms with Crippen molar-refractivity contribution in [2.45, 2.75) is 25.6 Å². The van der Waals surface area contributed by atoms with Gasteiger partial charge in [-0.2, -0.15) is 0 Å². The van der Waals surface area contributed by atoms with Crippen molar-refractivity contribution >= 4 is 10.0 Å². The predicted molar refractivity (Wildman–Crippen MR) is 62.0 cm³/mol. The molecule has 0 saturated heterocycles. The van der Waals surface area contributed by atoms with Crippen LogP contribution in [0.1, 0.15) is 19.4 Å². The molecule has 0 unspecified atom stereocenters. The van der Waals surface area contributed by atoms with E-state index in [1.54, 1.807) is 7.05 Å². The lowest BCUT2D eigenvalue weighted by Gasteiger charge is -2.20. The van der Waals surface area contributed by atoms with Gasteiger partial charge in [-0.05, 0) is 19.4 Å². The first-order valence-electron chi connectivity index (χ1n) is 4.93. The summed E-state index contributed by atoms with van der Waals surface area (Å²) in [5.74, 6) is 0.0719. The number of sulfonamides is 1. The lowest BCUT2D eigenvalue weighted by Crippen LogP contribution is -2.33. The maximum absolute atomic E-state index is 11.9. The molecule has 0 spiro atoms. The number of rotatable bonds is 4. The molecule has 0 aromatic heterocycles. The number of hydrogen-bond acceptors (Lipinski definition) is 2. The van der Waals surface area contributed by atoms with Gasteiger partial charge in [-0.3, -0.25) is 0 Å². The first kappa shape index (κ1) is 12.2. The SMILES string of the molecule is CC(C)N(C)S(=O)(=O)Cc1ccccc1. The summed E-state index contributed by atoms with van der Waals surface area (Å²) in [4.78, 5) is 0. The van der Waals surface area contributed by atoms with Gasteiger partial charge < -0.3 is 0 Å². The first-order valence-corrected chi connectivity index (χ1v) is 6.54. The van der Waals surface area contributed by atoms with Crippen LogP contribution in [0.25, 0.3) is 0 Å². The van der Waals surface area contributed by atoms with Gasteiger partial charge in [-0.25, -0.2) is 12.7 Å². The first-order chi connectivity index (χ1) is 6.93. The molecule has 1 aromatic carbocycles. The molecule has 4 heteroatoms. The molecule has 84 valence electrons. The van der Waals surface area contributed by atoms with Crippen LogP contribution in [-0.2, 0) is 15.8 Å². The van der Waals surface area contributed by atoms with Crippen LogP contribution in [0.5, 0.6) is 0 Å². The Morgan fingerprint density at radius 1 is 1.20 bits per heavy atom. The van der Waals surface area contributed by atoms with E-state index >= 15 is 0 Å². The molecule has 0 fully saturated rings. The molecule has 0 N–H and O–H groups in total. The molecule has 3 nitrogen and oxygen atoms in total. The molecule has 0 bridgehead atoms. The van der Waals surface area contributed by atoms with Gasteiger partial charge in [0.05, 0.1) is 5.75 Å². The summed E-state index contributed by atoms with van der Waals surface area (Å²) >= 11 is 0. The number of hydrogen-bond donors (Lipinski definition) is 0. The van der Waals surface area contributed by atoms with Crippen molar-refractivity contribution in [2.24, 2.45) is 0 Å². The van der Waals surface area contributed by atoms with Crippen molar-refractivity contribution in [2.75, 3.05) is 7.05 Å². The monoisotopic (exact) mass is 227 g/mol. The highest BCUT2D eigenvalue weighted by atomic mass is 32.2. The fraction of sp³-hybridized carbons (Fsp3) is 0.455. The standard InChI is InChI=1S/C11H17NO2S/c1-10(2)12(3)15(13,14)9-11-7-5-4-6-8-11/h4-8,10H,9H2,1-3H3. The summed E-state index contributed by atoms with van der Waals surface area (Å²) < 4.78 is 25.1. The van der Waals surface area contributed by atoms with E-state index in [-0.39, 0.29) is 11.8 Å². The predicted octanol–water partition coefficient (Wildman–Crippen LogP) is 1.86. The van der Waals surface area contributed by atoms with Gasteiger partial charge in [0.15, 0.2) is 0 Å². The molecule has 0 radical (unpaired) electrons. The Bertz CT molecular complexity index is 398. The summed E-state index contributed by atoms with van der Waals surface area (Å²) in [7, 11) is -1.57. The van der Waals surface area contributed by atoms with E-state index in [1.807, 2.05) is 44.2 Å². The summed E-state index contributed by atoms with van der Waals surface area (Å²) in [5.41, 5.74) is 0.824. The van der Waals surface area contributed by atoms with Gasteiger partial charge in [0.1, 0.15) is 0 Å². The van der Waals surface area contributed by atoms with Crippen LogP contribution in [-0.4, -0.2) is 25.8 Å². The van der Waals surface area contributed by atoms with Crippen LogP contribution in [0.3, 0.4) is 0 Å². The van der Waals surface area contributed by atoms with E-state index < -0.39 is 10.0 Å². The Labute approximate surface area is 91.8 Å². The fourth-order valence-corrected chi connectivity index (χ4v) is 2.67. The molecule has 15 heavy (non-hydrogen) atoms. The Balaban J connectivity index is 2.82. The number of benzene rings is 1. The third kappa shape index (κ3) is 3.32. The lowest BCUT2D eigenvalue weighted by molar-refractivity contribution is 0.410. The zero-order valence-electron chi connectivity index (χ0n) is 9.34. The van der Waals surface area contributed by atoms with Crippen molar-refractivity contribution in [3.63, 3.8) is 0 Å². The van der Waals surface area contributed by atoms with Crippen LogP contribution in [0, 0.1) is 0 Å². The molecule has 1 rings (SSSR count). The van der Waals surface area contributed by atoms with Gasteiger partial charge >= 0.3 is 0 Å². The minimum Gasteiger partial charge on any atom is -0.212 e. The van der Waals surface area contributed by atoms with Crippen LogP contribution in [0.4, 0.5) is 0 Å². The Morgan fingerprint density at radius 3 is 2.20 bits per heavy atom. The fourth-order valence-electron chi connectivity index (χ4n) is 1.21. The van der Waals surface area contributed by atoms with Gasteiger partial charge in [0.2, 0.25) is 10.0 Å². The van der Waals surface area contributed by atoms with Gasteiger partial charge in [0, 0.05) is 13.1 Å². The highest BCUT2D eigenvalue weighted by Crippen LogP contribution is 2.11. The van der Waals surface area contributed by atoms with Crippen LogP contribution in [0.2, 0.25) is 0 Å². The topological polar surface area (TPSA) is 37.4 Å². The summed E-state index contributed by atoms with van der Waals surface area (Å²) in [6.45, 7) is 3.73. The van der Waals surface area contributed by atoms with E-state index in [2.05, 4.69) is 0 Å². The highest BCUT2D eigenvalue weighted by molar-refractivity contribution is 7.88. The second-order valence-electron chi connectivity index (χ2n) is 3.85. The third-order valence-electron chi connectivity index (χ3n) is 2.36. The molecular weight excluding hydrogens is 210 g/mol. The molecule has 0 amide bonds. The van der Waals surface area contributed by atoms with E-state index in [9.17, 15) is 8.42 Å². The molecule has 1 aromatic rings. The second-order valence-corrected chi connectivity index (χ2v) is 5.88. The van der Waals surface area contributed by atoms with Crippen molar-refractivity contribution in [1.29, 1.82) is 0 Å². The molecule has 0 aliphatic rings. The maximum Gasteiger partial charge on any atom is 0.218 e. The summed E-state index contributed by atoms with van der Waals surface area (Å²) in [6, 6.07) is 9.22. The second kappa shape index (κ2) is 4.77. The Morgan fingerprint density at radius 2 is 1.73 bits per heavy atom. The van der Waals surface area contributed by atoms with E-state index in [4.69, 9.17) is 0 Å². The minimum atomic E-state index is -3.18. The largest absolute Gasteiger partial charge is 0.218 e. The summed E-state index contributed by atoms with van der Waals surface area (Å²) in [6.07, 6.45) is 0. The lowest BCUT2D eigenvalue weighted by atomic mass is 10.2. The van der Waals surface area contributed by atoms with Gasteiger partial charge in [-0.15, -0.1) is 0 Å². The zero-order valence-corrected chi connectivity index (χ0v) is 10.2. The maximum atomic E-state index is 11.9. The molecule has 0 atom stereocenters. The van der Waals surface area contributed by atoms with Crippen LogP contribution >= 0.6 is 0 Å². The Hall–Kier alpha value is -0.870. The molecular formula is C11H17NO2S. The summed E-state index contributed by atoms with van der Waals surface area (Å²) in [5, 5.41) is 0. The van der Waals surface area contributed by atoms with Crippen molar-refractivity contribution in [1.82, 2.24) is 4.31 Å². The van der Waals surface area contributed by atoms with Crippen LogP contribution < -0.4 is 0 Å². The van der Waals surface area contributed by atoms with Crippen LogP contribution in [0.15, 0.2) is 30.3 Å². The highest BCUT2D eigenvalue weighted by Gasteiger charge is 2.20. The molecule has 0 aliphatic heterocycles. The normalized spacial score (nSPS) is 12.3. The minimum absolute atomic E-state index is 0.00119. The molecule has 0 saturated carbocycles. The quantitative estimate of drug-likeness (QED) is 0.787. The van der Waals surface area contributed by atoms with E-state index in [1.165, 1.54) is 4.31 Å². The van der Waals surface area contributed by atoms with Gasteiger partial charge in [-0.1, -0.05) is 30.3 Å². The van der Waals surface area contributed by atoms with Crippen molar-refractivity contribution in [3.8, 4) is 0 Å². The van der Waals surface area contributed by atoms with Crippen molar-refractivity contribution < 1.29 is 8.42 Å². The smallest absolute Gasteiger partial charge is 0.212 e. The average molecular weight is 227 g/mol. The molecule has 0 heterocycles. The van der Waals surface area contributed by atoms with Gasteiger partial charge in [0.25, 0.3) is 0 Å². The van der Waals surface area contributed by atoms with E-state index in [0.717, 1.165) is 5.56 Å². The average Bonchev–Trinajstić information content (AvgIpc) is 2.17. The van der Waals surface area contributed by atoms with E-state index in [0.29, 0.717) is 0 Å². The molecule has 0 aliphatic carbocycles. The number of nitrogens with zero attached hydrogens (tertiary/aromatic N) is 1. The Kier molecular flexibility index (Phi) is 3.88. The zero-order chi connectivity index (χ0) is 11.5.